The highest BCUT2D eigenvalue weighted by molar-refractivity contribution is 4.87. The Morgan fingerprint density at radius 1 is 1.07 bits per heavy atom. The van der Waals surface area contributed by atoms with E-state index in [2.05, 4.69) is 23.8 Å². The summed E-state index contributed by atoms with van der Waals surface area (Å²) in [7, 11) is 2.18. The molecular formula is C12H24N2O. The van der Waals surface area contributed by atoms with E-state index < -0.39 is 0 Å². The standard InChI is InChI=1S/C12H24N2O/c1-10-3-4-12(15)11(9-10)14-7-5-13(2)6-8-14/h10-12,15H,3-9H2,1-2H3. The van der Waals surface area contributed by atoms with E-state index in [0.717, 1.165) is 38.5 Å². The lowest BCUT2D eigenvalue weighted by Crippen LogP contribution is -2.54. The molecule has 1 saturated carbocycles. The minimum absolute atomic E-state index is 0.0791. The molecule has 0 radical (unpaired) electrons. The number of aliphatic hydroxyl groups excluding tert-OH is 1. The van der Waals surface area contributed by atoms with Gasteiger partial charge in [-0.3, -0.25) is 4.90 Å². The summed E-state index contributed by atoms with van der Waals surface area (Å²) < 4.78 is 0. The molecule has 3 unspecified atom stereocenters. The first-order chi connectivity index (χ1) is 7.16. The molecule has 1 aliphatic carbocycles. The van der Waals surface area contributed by atoms with Gasteiger partial charge < -0.3 is 10.0 Å². The van der Waals surface area contributed by atoms with Crippen molar-refractivity contribution in [1.29, 1.82) is 0 Å². The number of aliphatic hydroxyl groups is 1. The summed E-state index contributed by atoms with van der Waals surface area (Å²) in [5, 5.41) is 10.0. The fraction of sp³-hybridized carbons (Fsp3) is 1.00. The molecule has 0 aromatic carbocycles. The van der Waals surface area contributed by atoms with Crippen molar-refractivity contribution in [2.45, 2.75) is 38.3 Å². The molecule has 0 aromatic rings. The summed E-state index contributed by atoms with van der Waals surface area (Å²) in [5.41, 5.74) is 0. The minimum atomic E-state index is -0.0791. The van der Waals surface area contributed by atoms with Crippen molar-refractivity contribution in [2.24, 2.45) is 5.92 Å². The topological polar surface area (TPSA) is 26.7 Å². The summed E-state index contributed by atoms with van der Waals surface area (Å²) in [6.07, 6.45) is 3.30. The van der Waals surface area contributed by atoms with Crippen LogP contribution in [0, 0.1) is 5.92 Å². The van der Waals surface area contributed by atoms with E-state index in [9.17, 15) is 5.11 Å². The summed E-state index contributed by atoms with van der Waals surface area (Å²) in [4.78, 5) is 4.87. The summed E-state index contributed by atoms with van der Waals surface area (Å²) in [6, 6.07) is 0.433. The normalized spacial score (nSPS) is 40.6. The lowest BCUT2D eigenvalue weighted by molar-refractivity contribution is -0.0118. The van der Waals surface area contributed by atoms with Crippen molar-refractivity contribution in [3.05, 3.63) is 0 Å². The molecule has 1 N–H and O–H groups in total. The number of piperazine rings is 1. The largest absolute Gasteiger partial charge is 0.391 e. The van der Waals surface area contributed by atoms with Crippen LogP contribution in [0.4, 0.5) is 0 Å². The zero-order valence-corrected chi connectivity index (χ0v) is 10.0. The third-order valence-electron chi connectivity index (χ3n) is 4.05. The quantitative estimate of drug-likeness (QED) is 0.696. The molecule has 0 bridgehead atoms. The molecule has 3 heteroatoms. The molecule has 2 rings (SSSR count). The predicted molar refractivity (Wildman–Crippen MR) is 61.9 cm³/mol. The SMILES string of the molecule is CC1CCC(O)C(N2CCN(C)CC2)C1. The molecular weight excluding hydrogens is 188 g/mol. The van der Waals surface area contributed by atoms with Crippen LogP contribution in [0.1, 0.15) is 26.2 Å². The predicted octanol–water partition coefficient (Wildman–Crippen LogP) is 0.783. The zero-order valence-electron chi connectivity index (χ0n) is 10.0. The van der Waals surface area contributed by atoms with Crippen molar-refractivity contribution in [3.8, 4) is 0 Å². The number of rotatable bonds is 1. The Bertz CT molecular complexity index is 202. The second-order valence-corrected chi connectivity index (χ2v) is 5.39. The summed E-state index contributed by atoms with van der Waals surface area (Å²) >= 11 is 0. The van der Waals surface area contributed by atoms with Gasteiger partial charge >= 0.3 is 0 Å². The average molecular weight is 212 g/mol. The summed E-state index contributed by atoms with van der Waals surface area (Å²) in [6.45, 7) is 6.88. The van der Waals surface area contributed by atoms with Crippen molar-refractivity contribution in [1.82, 2.24) is 9.80 Å². The minimum Gasteiger partial charge on any atom is -0.391 e. The van der Waals surface area contributed by atoms with Gasteiger partial charge in [0.25, 0.3) is 0 Å². The third-order valence-corrected chi connectivity index (χ3v) is 4.05. The van der Waals surface area contributed by atoms with Crippen molar-refractivity contribution in [2.75, 3.05) is 33.2 Å². The number of hydrogen-bond donors (Lipinski definition) is 1. The Hall–Kier alpha value is -0.120. The van der Waals surface area contributed by atoms with Gasteiger partial charge in [0.05, 0.1) is 6.10 Å². The molecule has 15 heavy (non-hydrogen) atoms. The molecule has 2 aliphatic rings. The van der Waals surface area contributed by atoms with Crippen LogP contribution in [0.5, 0.6) is 0 Å². The van der Waals surface area contributed by atoms with Crippen molar-refractivity contribution in [3.63, 3.8) is 0 Å². The van der Waals surface area contributed by atoms with Gasteiger partial charge in [-0.15, -0.1) is 0 Å². The molecule has 0 aromatic heterocycles. The van der Waals surface area contributed by atoms with E-state index in [1.807, 2.05) is 0 Å². The smallest absolute Gasteiger partial charge is 0.0695 e. The van der Waals surface area contributed by atoms with Crippen LogP contribution in [-0.4, -0.2) is 60.3 Å². The highest BCUT2D eigenvalue weighted by Crippen LogP contribution is 2.28. The molecule has 2 fully saturated rings. The number of nitrogens with zero attached hydrogens (tertiary/aromatic N) is 2. The maximum atomic E-state index is 10.0. The van der Waals surface area contributed by atoms with Gasteiger partial charge in [-0.25, -0.2) is 0 Å². The third kappa shape index (κ3) is 2.71. The highest BCUT2D eigenvalue weighted by Gasteiger charge is 2.32. The maximum Gasteiger partial charge on any atom is 0.0695 e. The van der Waals surface area contributed by atoms with Crippen molar-refractivity contribution < 1.29 is 5.11 Å². The number of hydrogen-bond acceptors (Lipinski definition) is 3. The molecule has 3 nitrogen and oxygen atoms in total. The molecule has 88 valence electrons. The van der Waals surface area contributed by atoms with E-state index in [-0.39, 0.29) is 6.10 Å². The average Bonchev–Trinajstić information content (AvgIpc) is 2.23. The van der Waals surface area contributed by atoms with Crippen LogP contribution in [0.3, 0.4) is 0 Å². The van der Waals surface area contributed by atoms with Crippen molar-refractivity contribution >= 4 is 0 Å². The second kappa shape index (κ2) is 4.81. The van der Waals surface area contributed by atoms with Gasteiger partial charge in [0.1, 0.15) is 0 Å². The van der Waals surface area contributed by atoms with Gasteiger partial charge in [-0.1, -0.05) is 6.92 Å². The van der Waals surface area contributed by atoms with Gasteiger partial charge in [0.2, 0.25) is 0 Å². The molecule has 1 heterocycles. The van der Waals surface area contributed by atoms with Crippen LogP contribution >= 0.6 is 0 Å². The van der Waals surface area contributed by atoms with Crippen LogP contribution in [0.15, 0.2) is 0 Å². The summed E-state index contributed by atoms with van der Waals surface area (Å²) in [5.74, 6) is 0.790. The first-order valence-electron chi connectivity index (χ1n) is 6.27. The Morgan fingerprint density at radius 3 is 2.40 bits per heavy atom. The lowest BCUT2D eigenvalue weighted by Gasteiger charge is -2.43. The Morgan fingerprint density at radius 2 is 1.73 bits per heavy atom. The fourth-order valence-electron chi connectivity index (χ4n) is 2.88. The zero-order chi connectivity index (χ0) is 10.8. The van der Waals surface area contributed by atoms with Crippen LogP contribution in [-0.2, 0) is 0 Å². The molecule has 0 amide bonds. The van der Waals surface area contributed by atoms with Gasteiger partial charge in [-0.05, 0) is 32.2 Å². The highest BCUT2D eigenvalue weighted by atomic mass is 16.3. The van der Waals surface area contributed by atoms with E-state index in [1.54, 1.807) is 0 Å². The van der Waals surface area contributed by atoms with E-state index >= 15 is 0 Å². The van der Waals surface area contributed by atoms with Gasteiger partial charge in [0.15, 0.2) is 0 Å². The Labute approximate surface area is 93.1 Å². The fourth-order valence-corrected chi connectivity index (χ4v) is 2.88. The molecule has 1 aliphatic heterocycles. The monoisotopic (exact) mass is 212 g/mol. The van der Waals surface area contributed by atoms with E-state index in [0.29, 0.717) is 6.04 Å². The first-order valence-corrected chi connectivity index (χ1v) is 6.27. The van der Waals surface area contributed by atoms with Gasteiger partial charge in [0, 0.05) is 32.2 Å². The Kier molecular flexibility index (Phi) is 3.65. The number of likely N-dealkylation sites (N-methyl/N-ethyl adjacent to an activating group) is 1. The van der Waals surface area contributed by atoms with Crippen LogP contribution in [0.25, 0.3) is 0 Å². The van der Waals surface area contributed by atoms with E-state index in [4.69, 9.17) is 0 Å². The molecule has 0 spiro atoms. The van der Waals surface area contributed by atoms with E-state index in [1.165, 1.54) is 12.8 Å². The van der Waals surface area contributed by atoms with Crippen LogP contribution < -0.4 is 0 Å². The van der Waals surface area contributed by atoms with Crippen LogP contribution in [0.2, 0.25) is 0 Å². The lowest BCUT2D eigenvalue weighted by atomic mass is 9.84. The molecule has 3 atom stereocenters. The second-order valence-electron chi connectivity index (χ2n) is 5.39. The Balaban J connectivity index is 1.90. The molecule has 1 saturated heterocycles. The van der Waals surface area contributed by atoms with Gasteiger partial charge in [-0.2, -0.15) is 0 Å². The maximum absolute atomic E-state index is 10.0. The first kappa shape index (κ1) is 11.4.